The van der Waals surface area contributed by atoms with Crippen LogP contribution in [0.15, 0.2) is 28.7 Å². The second-order valence-electron chi connectivity index (χ2n) is 6.42. The maximum atomic E-state index is 12.5. The number of hydrogen-bond donors (Lipinski definition) is 4. The average molecular weight is 381 g/mol. The van der Waals surface area contributed by atoms with Crippen molar-refractivity contribution in [2.24, 2.45) is 11.8 Å². The van der Waals surface area contributed by atoms with E-state index in [4.69, 9.17) is 0 Å². The molecule has 2 heterocycles. The summed E-state index contributed by atoms with van der Waals surface area (Å²) >= 11 is 3.48. The molecule has 0 aromatic heterocycles. The second kappa shape index (κ2) is 7.75. The van der Waals surface area contributed by atoms with Gasteiger partial charge < -0.3 is 10.6 Å². The molecule has 2 aliphatic heterocycles. The maximum Gasteiger partial charge on any atom is 0.225 e. The molecule has 6 heteroatoms. The highest BCUT2D eigenvalue weighted by Gasteiger charge is 2.37. The Bertz CT molecular complexity index is 530. The molecule has 4 atom stereocenters. The molecular formula is C17H25BrN4O. The van der Waals surface area contributed by atoms with Gasteiger partial charge in [-0.2, -0.15) is 0 Å². The molecule has 2 aliphatic rings. The van der Waals surface area contributed by atoms with Crippen molar-refractivity contribution in [2.45, 2.75) is 38.4 Å². The molecule has 4 unspecified atom stereocenters. The van der Waals surface area contributed by atoms with Gasteiger partial charge in [0, 0.05) is 16.9 Å². The van der Waals surface area contributed by atoms with Crippen LogP contribution in [0.5, 0.6) is 0 Å². The molecule has 126 valence electrons. The molecule has 0 radical (unpaired) electrons. The van der Waals surface area contributed by atoms with Crippen LogP contribution in [0.2, 0.25) is 0 Å². The fourth-order valence-corrected chi connectivity index (χ4v) is 3.81. The van der Waals surface area contributed by atoms with Crippen molar-refractivity contribution in [1.29, 1.82) is 0 Å². The van der Waals surface area contributed by atoms with Crippen LogP contribution in [0.1, 0.15) is 37.8 Å². The smallest absolute Gasteiger partial charge is 0.225 e. The number of carbonyl (C=O) groups is 1. The lowest BCUT2D eigenvalue weighted by molar-refractivity contribution is -0.126. The Kier molecular flexibility index (Phi) is 5.69. The predicted molar refractivity (Wildman–Crippen MR) is 94.5 cm³/mol. The molecule has 0 aliphatic carbocycles. The molecule has 5 nitrogen and oxygen atoms in total. The molecule has 0 spiro atoms. The van der Waals surface area contributed by atoms with Gasteiger partial charge in [-0.15, -0.1) is 0 Å². The van der Waals surface area contributed by atoms with Crippen molar-refractivity contribution >= 4 is 21.8 Å². The summed E-state index contributed by atoms with van der Waals surface area (Å²) in [5.74, 6) is 0.581. The van der Waals surface area contributed by atoms with E-state index >= 15 is 0 Å². The third-order valence-electron chi connectivity index (χ3n) is 4.92. The van der Waals surface area contributed by atoms with Crippen LogP contribution >= 0.6 is 15.9 Å². The van der Waals surface area contributed by atoms with E-state index in [1.807, 2.05) is 0 Å². The molecule has 1 aromatic rings. The van der Waals surface area contributed by atoms with Gasteiger partial charge >= 0.3 is 0 Å². The molecule has 23 heavy (non-hydrogen) atoms. The molecule has 0 saturated carbocycles. The number of rotatable bonds is 4. The SMILES string of the molecule is CCC1C(NC(=O)C2CCCNC2)NNC1c1ccc(Br)cc1. The number of halogens is 1. The lowest BCUT2D eigenvalue weighted by Crippen LogP contribution is -2.51. The zero-order valence-electron chi connectivity index (χ0n) is 13.4. The normalized spacial score (nSPS) is 31.0. The van der Waals surface area contributed by atoms with Gasteiger partial charge in [0.1, 0.15) is 0 Å². The first-order chi connectivity index (χ1) is 11.2. The van der Waals surface area contributed by atoms with E-state index < -0.39 is 0 Å². The topological polar surface area (TPSA) is 65.2 Å². The third kappa shape index (κ3) is 3.94. The standard InChI is InChI=1S/C17H25BrN4O/c1-2-14-15(11-5-7-13(18)8-6-11)21-22-16(14)20-17(23)12-4-3-9-19-10-12/h5-8,12,14-16,19,21-22H,2-4,9-10H2,1H3,(H,20,23). The number of benzene rings is 1. The summed E-state index contributed by atoms with van der Waals surface area (Å²) in [7, 11) is 0. The summed E-state index contributed by atoms with van der Waals surface area (Å²) < 4.78 is 1.08. The fourth-order valence-electron chi connectivity index (χ4n) is 3.55. The molecule has 1 amide bonds. The van der Waals surface area contributed by atoms with Crippen LogP contribution in [0, 0.1) is 11.8 Å². The van der Waals surface area contributed by atoms with Crippen LogP contribution in [0.4, 0.5) is 0 Å². The first-order valence-corrected chi connectivity index (χ1v) is 9.26. The van der Waals surface area contributed by atoms with Crippen molar-refractivity contribution in [1.82, 2.24) is 21.5 Å². The van der Waals surface area contributed by atoms with Gasteiger partial charge in [0.25, 0.3) is 0 Å². The van der Waals surface area contributed by atoms with Crippen molar-refractivity contribution < 1.29 is 4.79 Å². The molecule has 3 rings (SSSR count). The highest BCUT2D eigenvalue weighted by atomic mass is 79.9. The Balaban J connectivity index is 1.64. The van der Waals surface area contributed by atoms with Gasteiger partial charge in [-0.05, 0) is 43.5 Å². The van der Waals surface area contributed by atoms with Crippen LogP contribution < -0.4 is 21.5 Å². The molecular weight excluding hydrogens is 356 g/mol. The summed E-state index contributed by atoms with van der Waals surface area (Å²) in [5.41, 5.74) is 7.87. The van der Waals surface area contributed by atoms with Gasteiger partial charge in [0.05, 0.1) is 18.1 Å². The van der Waals surface area contributed by atoms with Gasteiger partial charge in [-0.25, -0.2) is 10.9 Å². The van der Waals surface area contributed by atoms with E-state index in [-0.39, 0.29) is 24.0 Å². The lowest BCUT2D eigenvalue weighted by atomic mass is 9.90. The summed E-state index contributed by atoms with van der Waals surface area (Å²) in [6, 6.07) is 8.58. The second-order valence-corrected chi connectivity index (χ2v) is 7.34. The first-order valence-electron chi connectivity index (χ1n) is 8.46. The zero-order chi connectivity index (χ0) is 16.2. The monoisotopic (exact) mass is 380 g/mol. The number of piperidine rings is 1. The fraction of sp³-hybridized carbons (Fsp3) is 0.588. The minimum atomic E-state index is -0.0249. The maximum absolute atomic E-state index is 12.5. The molecule has 2 fully saturated rings. The molecule has 1 aromatic carbocycles. The van der Waals surface area contributed by atoms with Crippen molar-refractivity contribution in [3.8, 4) is 0 Å². The highest BCUT2D eigenvalue weighted by Crippen LogP contribution is 2.31. The van der Waals surface area contributed by atoms with Crippen molar-refractivity contribution in [2.75, 3.05) is 13.1 Å². The Morgan fingerprint density at radius 2 is 2.09 bits per heavy atom. The molecule has 4 N–H and O–H groups in total. The van der Waals surface area contributed by atoms with E-state index in [0.29, 0.717) is 5.92 Å². The van der Waals surface area contributed by atoms with Crippen molar-refractivity contribution in [3.63, 3.8) is 0 Å². The first kappa shape index (κ1) is 16.9. The minimum absolute atomic E-state index is 0.0249. The lowest BCUT2D eigenvalue weighted by Gasteiger charge is -2.26. The Morgan fingerprint density at radius 3 is 2.74 bits per heavy atom. The number of nitrogens with one attached hydrogen (secondary N) is 4. The largest absolute Gasteiger partial charge is 0.339 e. The van der Waals surface area contributed by atoms with Crippen LogP contribution in [-0.2, 0) is 4.79 Å². The summed E-state index contributed by atoms with van der Waals surface area (Å²) in [6.07, 6.45) is 3.02. The minimum Gasteiger partial charge on any atom is -0.339 e. The average Bonchev–Trinajstić information content (AvgIpc) is 2.99. The van der Waals surface area contributed by atoms with Crippen LogP contribution in [0.3, 0.4) is 0 Å². The Morgan fingerprint density at radius 1 is 1.30 bits per heavy atom. The van der Waals surface area contributed by atoms with E-state index in [0.717, 1.165) is 36.8 Å². The van der Waals surface area contributed by atoms with Crippen LogP contribution in [0.25, 0.3) is 0 Å². The van der Waals surface area contributed by atoms with E-state index in [2.05, 4.69) is 68.6 Å². The number of hydrogen-bond acceptors (Lipinski definition) is 4. The summed E-state index contributed by atoms with van der Waals surface area (Å²) in [4.78, 5) is 12.5. The molecule has 2 saturated heterocycles. The highest BCUT2D eigenvalue weighted by molar-refractivity contribution is 9.10. The number of amides is 1. The van der Waals surface area contributed by atoms with E-state index in [1.165, 1.54) is 5.56 Å². The van der Waals surface area contributed by atoms with Gasteiger partial charge in [-0.3, -0.25) is 4.79 Å². The Labute approximate surface area is 146 Å². The number of carbonyl (C=O) groups excluding carboxylic acids is 1. The zero-order valence-corrected chi connectivity index (χ0v) is 15.0. The van der Waals surface area contributed by atoms with Gasteiger partial charge in [0.15, 0.2) is 0 Å². The Hall–Kier alpha value is -0.950. The van der Waals surface area contributed by atoms with E-state index in [9.17, 15) is 4.79 Å². The van der Waals surface area contributed by atoms with E-state index in [1.54, 1.807) is 0 Å². The summed E-state index contributed by atoms with van der Waals surface area (Å²) in [6.45, 7) is 3.99. The third-order valence-corrected chi connectivity index (χ3v) is 5.45. The van der Waals surface area contributed by atoms with Crippen molar-refractivity contribution in [3.05, 3.63) is 34.3 Å². The quantitative estimate of drug-likeness (QED) is 0.645. The van der Waals surface area contributed by atoms with Gasteiger partial charge in [-0.1, -0.05) is 35.0 Å². The molecule has 0 bridgehead atoms. The summed E-state index contributed by atoms with van der Waals surface area (Å²) in [5, 5.41) is 6.50. The van der Waals surface area contributed by atoms with Crippen LogP contribution in [-0.4, -0.2) is 25.2 Å². The number of hydrazine groups is 1. The predicted octanol–water partition coefficient (Wildman–Crippen LogP) is 2.07. The van der Waals surface area contributed by atoms with Gasteiger partial charge in [0.2, 0.25) is 5.91 Å².